The van der Waals surface area contributed by atoms with Crippen molar-refractivity contribution in [2.75, 3.05) is 19.6 Å². The number of carbonyl (C=O) groups excluding carboxylic acids is 2. The maximum atomic E-state index is 14.1. The molecule has 0 radical (unpaired) electrons. The molecule has 8 nitrogen and oxygen atoms in total. The number of hydrogen-bond donors (Lipinski definition) is 4. The maximum absolute atomic E-state index is 14.1. The number of ketones is 2. The van der Waals surface area contributed by atoms with Gasteiger partial charge in [-0.3, -0.25) is 9.59 Å². The van der Waals surface area contributed by atoms with Gasteiger partial charge >= 0.3 is 0 Å². The van der Waals surface area contributed by atoms with Crippen molar-refractivity contribution in [3.63, 3.8) is 0 Å². The van der Waals surface area contributed by atoms with Gasteiger partial charge in [-0.1, -0.05) is 85.8 Å². The van der Waals surface area contributed by atoms with Crippen molar-refractivity contribution in [2.45, 2.75) is 52.5 Å². The van der Waals surface area contributed by atoms with Crippen molar-refractivity contribution >= 4 is 54.4 Å². The average molecular weight is 875 g/mol. The quantitative estimate of drug-likeness (QED) is 0.0469. The number of rotatable bonds is 19. The Labute approximate surface area is 375 Å². The topological polar surface area (TPSA) is 117 Å². The smallest absolute Gasteiger partial charge is 0.207 e. The minimum atomic E-state index is -0.226. The van der Waals surface area contributed by atoms with Crippen LogP contribution in [0.15, 0.2) is 133 Å². The number of aryl methyl sites for hydroxylation is 3. The molecule has 0 fully saturated rings. The number of nitrogens with one attached hydrogen (secondary N) is 2. The molecule has 1 atom stereocenters. The SMILES string of the molecule is CCNCCCc1ccc(Oc2c(C(=O)c3ccccc3)sc3c(C(C)NCCCc4ccc(Oc5c(C(=O)c6ccccc6C)sc6cc(O)ccc56)cc4)c(O)ccc23)cc1. The second kappa shape index (κ2) is 19.8. The van der Waals surface area contributed by atoms with Crippen LogP contribution in [0.5, 0.6) is 34.5 Å². The summed E-state index contributed by atoms with van der Waals surface area (Å²) in [5.41, 5.74) is 5.15. The highest BCUT2D eigenvalue weighted by Crippen LogP contribution is 2.47. The Bertz CT molecular complexity index is 2870. The van der Waals surface area contributed by atoms with Crippen molar-refractivity contribution in [1.82, 2.24) is 10.6 Å². The first-order chi connectivity index (χ1) is 30.7. The van der Waals surface area contributed by atoms with Gasteiger partial charge in [-0.15, -0.1) is 22.7 Å². The second-order valence-electron chi connectivity index (χ2n) is 15.6. The zero-order valence-corrected chi connectivity index (χ0v) is 37.2. The molecule has 2 heterocycles. The highest BCUT2D eigenvalue weighted by molar-refractivity contribution is 7.22. The van der Waals surface area contributed by atoms with Gasteiger partial charge in [0.2, 0.25) is 11.6 Å². The van der Waals surface area contributed by atoms with E-state index in [1.54, 1.807) is 24.3 Å². The summed E-state index contributed by atoms with van der Waals surface area (Å²) in [6, 6.07) is 41.1. The lowest BCUT2D eigenvalue weighted by Gasteiger charge is -2.17. The van der Waals surface area contributed by atoms with Crippen molar-refractivity contribution in [1.29, 1.82) is 0 Å². The number of hydrogen-bond acceptors (Lipinski definition) is 10. The summed E-state index contributed by atoms with van der Waals surface area (Å²) >= 11 is 2.67. The fourth-order valence-corrected chi connectivity index (χ4v) is 10.2. The van der Waals surface area contributed by atoms with E-state index in [0.29, 0.717) is 50.4 Å². The summed E-state index contributed by atoms with van der Waals surface area (Å²) < 4.78 is 14.6. The van der Waals surface area contributed by atoms with Crippen LogP contribution in [-0.4, -0.2) is 41.4 Å². The molecule has 8 rings (SSSR count). The monoisotopic (exact) mass is 874 g/mol. The molecule has 0 aliphatic heterocycles. The van der Waals surface area contributed by atoms with Gasteiger partial charge in [-0.25, -0.2) is 0 Å². The van der Waals surface area contributed by atoms with Gasteiger partial charge in [-0.2, -0.15) is 0 Å². The molecular weight excluding hydrogens is 825 g/mol. The van der Waals surface area contributed by atoms with Crippen LogP contribution in [0.1, 0.15) is 85.5 Å². The maximum Gasteiger partial charge on any atom is 0.207 e. The normalized spacial score (nSPS) is 11.9. The molecule has 10 heteroatoms. The van der Waals surface area contributed by atoms with Crippen molar-refractivity contribution < 1.29 is 29.3 Å². The lowest BCUT2D eigenvalue weighted by molar-refractivity contribution is 0.103. The molecule has 320 valence electrons. The summed E-state index contributed by atoms with van der Waals surface area (Å²) in [7, 11) is 0. The standard InChI is InChI=1S/C53H50N2O6S2/c1-4-54-30-10-13-35-18-25-40(26-19-35)61-50-43-28-29-44(57)46(51(43)63-52(50)47(58)37-15-6-5-7-16-37)34(3)55-31-11-14-36-20-23-39(24-21-36)60-49-42-27-22-38(56)32-45(42)62-53(49)48(59)41-17-9-8-12-33(41)2/h5-9,12,15-29,32,34,54-57H,4,10-11,13-14,30-31H2,1-3H3. The third-order valence-corrected chi connectivity index (χ3v) is 13.5. The lowest BCUT2D eigenvalue weighted by atomic mass is 10.0. The number of benzene rings is 6. The predicted molar refractivity (Wildman–Crippen MR) is 256 cm³/mol. The highest BCUT2D eigenvalue weighted by Gasteiger charge is 2.27. The Kier molecular flexibility index (Phi) is 13.6. The highest BCUT2D eigenvalue weighted by atomic mass is 32.1. The van der Waals surface area contributed by atoms with E-state index in [2.05, 4.69) is 29.7 Å². The van der Waals surface area contributed by atoms with Gasteiger partial charge in [0.05, 0.1) is 0 Å². The summed E-state index contributed by atoms with van der Waals surface area (Å²) in [6.07, 6.45) is 3.64. The van der Waals surface area contributed by atoms with Gasteiger partial charge in [0.1, 0.15) is 32.8 Å². The molecule has 1 unspecified atom stereocenters. The summed E-state index contributed by atoms with van der Waals surface area (Å²) in [6.45, 7) is 8.67. The first-order valence-corrected chi connectivity index (χ1v) is 23.0. The Morgan fingerprint density at radius 3 is 1.94 bits per heavy atom. The minimum absolute atomic E-state index is 0.118. The van der Waals surface area contributed by atoms with E-state index in [1.807, 2.05) is 111 Å². The summed E-state index contributed by atoms with van der Waals surface area (Å²) in [5, 5.41) is 30.0. The van der Waals surface area contributed by atoms with Crippen LogP contribution in [-0.2, 0) is 12.8 Å². The van der Waals surface area contributed by atoms with Crippen LogP contribution in [0.25, 0.3) is 20.2 Å². The molecule has 0 aliphatic rings. The fraction of sp³-hybridized carbons (Fsp3) is 0.208. The first-order valence-electron chi connectivity index (χ1n) is 21.4. The molecule has 0 aliphatic carbocycles. The third kappa shape index (κ3) is 9.85. The van der Waals surface area contributed by atoms with E-state index in [9.17, 15) is 19.8 Å². The number of thiophene rings is 2. The molecular formula is C53H50N2O6S2. The number of fused-ring (bicyclic) bond motifs is 2. The van der Waals surface area contributed by atoms with Crippen LogP contribution in [0, 0.1) is 6.92 Å². The molecule has 0 saturated heterocycles. The Hall–Kier alpha value is -6.30. The molecule has 2 aromatic heterocycles. The van der Waals surface area contributed by atoms with Crippen molar-refractivity contribution in [3.8, 4) is 34.5 Å². The zero-order chi connectivity index (χ0) is 43.9. The average Bonchev–Trinajstić information content (AvgIpc) is 3.84. The molecule has 0 saturated carbocycles. The number of carbonyl (C=O) groups is 2. The molecule has 4 N–H and O–H groups in total. The predicted octanol–water partition coefficient (Wildman–Crippen LogP) is 12.7. The van der Waals surface area contributed by atoms with Crippen LogP contribution in [0.3, 0.4) is 0 Å². The zero-order valence-electron chi connectivity index (χ0n) is 35.6. The van der Waals surface area contributed by atoms with E-state index in [0.717, 1.165) is 75.6 Å². The second-order valence-corrected chi connectivity index (χ2v) is 17.7. The Morgan fingerprint density at radius 2 is 1.27 bits per heavy atom. The molecule has 63 heavy (non-hydrogen) atoms. The van der Waals surface area contributed by atoms with E-state index in [-0.39, 0.29) is 29.1 Å². The van der Waals surface area contributed by atoms with E-state index in [4.69, 9.17) is 9.47 Å². The van der Waals surface area contributed by atoms with Gasteiger partial charge < -0.3 is 30.3 Å². The van der Waals surface area contributed by atoms with E-state index < -0.39 is 0 Å². The summed E-state index contributed by atoms with van der Waals surface area (Å²) in [4.78, 5) is 28.8. The number of aromatic hydroxyl groups is 2. The Balaban J connectivity index is 0.957. The fourth-order valence-electron chi connectivity index (χ4n) is 7.79. The van der Waals surface area contributed by atoms with Gasteiger partial charge in [-0.05, 0) is 130 Å². The molecule has 0 spiro atoms. The van der Waals surface area contributed by atoms with Crippen LogP contribution >= 0.6 is 22.7 Å². The van der Waals surface area contributed by atoms with Crippen molar-refractivity contribution in [2.24, 2.45) is 0 Å². The number of phenolic OH excluding ortho intramolecular Hbond substituents is 2. The molecule has 6 aromatic carbocycles. The van der Waals surface area contributed by atoms with E-state index >= 15 is 0 Å². The first kappa shape index (κ1) is 43.4. The third-order valence-electron chi connectivity index (χ3n) is 11.2. The van der Waals surface area contributed by atoms with Gasteiger partial charge in [0.25, 0.3) is 0 Å². The van der Waals surface area contributed by atoms with Crippen LogP contribution in [0.4, 0.5) is 0 Å². The van der Waals surface area contributed by atoms with Gasteiger partial charge in [0, 0.05) is 42.9 Å². The van der Waals surface area contributed by atoms with Crippen LogP contribution < -0.4 is 20.1 Å². The molecule has 8 aromatic rings. The lowest BCUT2D eigenvalue weighted by Crippen LogP contribution is -2.20. The number of ether oxygens (including phenoxy) is 2. The van der Waals surface area contributed by atoms with Gasteiger partial charge in [0.15, 0.2) is 11.5 Å². The molecule has 0 amide bonds. The Morgan fingerprint density at radius 1 is 0.667 bits per heavy atom. The number of phenols is 2. The minimum Gasteiger partial charge on any atom is -0.508 e. The summed E-state index contributed by atoms with van der Waals surface area (Å²) in [5.74, 6) is 2.27. The van der Waals surface area contributed by atoms with E-state index in [1.165, 1.54) is 28.2 Å². The largest absolute Gasteiger partial charge is 0.508 e. The van der Waals surface area contributed by atoms with Crippen molar-refractivity contribution in [3.05, 3.63) is 177 Å². The van der Waals surface area contributed by atoms with Crippen LogP contribution in [0.2, 0.25) is 0 Å². The molecule has 0 bridgehead atoms.